The molecule has 0 saturated carbocycles. The normalized spacial score (nSPS) is 12.5. The smallest absolute Gasteiger partial charge is 0.119 e. The van der Waals surface area contributed by atoms with E-state index < -0.39 is 0 Å². The van der Waals surface area contributed by atoms with E-state index in [0.29, 0.717) is 0 Å². The van der Waals surface area contributed by atoms with E-state index >= 15 is 0 Å². The van der Waals surface area contributed by atoms with Crippen molar-refractivity contribution in [1.82, 2.24) is 0 Å². The SMILES string of the molecule is CSCCCOc1ccc(C(C)N)cc1. The van der Waals surface area contributed by atoms with E-state index in [1.54, 1.807) is 0 Å². The average Bonchev–Trinajstić information content (AvgIpc) is 2.25. The molecule has 0 aliphatic heterocycles. The summed E-state index contributed by atoms with van der Waals surface area (Å²) in [6.45, 7) is 2.77. The molecule has 0 aromatic heterocycles. The number of rotatable bonds is 6. The van der Waals surface area contributed by atoms with Gasteiger partial charge < -0.3 is 10.5 Å². The molecule has 0 radical (unpaired) electrons. The summed E-state index contributed by atoms with van der Waals surface area (Å²) in [4.78, 5) is 0. The molecule has 0 aliphatic carbocycles. The highest BCUT2D eigenvalue weighted by Gasteiger charge is 1.99. The Hall–Kier alpha value is -0.670. The summed E-state index contributed by atoms with van der Waals surface area (Å²) in [5.41, 5.74) is 6.90. The highest BCUT2D eigenvalue weighted by atomic mass is 32.2. The van der Waals surface area contributed by atoms with Crippen LogP contribution < -0.4 is 10.5 Å². The Balaban J connectivity index is 2.36. The average molecular weight is 225 g/mol. The van der Waals surface area contributed by atoms with Gasteiger partial charge in [-0.2, -0.15) is 11.8 Å². The molecule has 1 atom stereocenters. The first kappa shape index (κ1) is 12.4. The zero-order valence-electron chi connectivity index (χ0n) is 9.40. The third-order valence-electron chi connectivity index (χ3n) is 2.17. The summed E-state index contributed by atoms with van der Waals surface area (Å²) in [7, 11) is 0. The molecule has 0 amide bonds. The number of hydrogen-bond donors (Lipinski definition) is 1. The second-order valence-electron chi connectivity index (χ2n) is 3.55. The van der Waals surface area contributed by atoms with Crippen LogP contribution in [0.2, 0.25) is 0 Å². The van der Waals surface area contributed by atoms with Gasteiger partial charge in [0.05, 0.1) is 6.61 Å². The second-order valence-corrected chi connectivity index (χ2v) is 4.54. The highest BCUT2D eigenvalue weighted by molar-refractivity contribution is 7.98. The van der Waals surface area contributed by atoms with E-state index in [9.17, 15) is 0 Å². The first-order valence-electron chi connectivity index (χ1n) is 5.21. The lowest BCUT2D eigenvalue weighted by atomic mass is 10.1. The standard InChI is InChI=1S/C12H19NOS/c1-10(13)11-4-6-12(7-5-11)14-8-3-9-15-2/h4-7,10H,3,8-9,13H2,1-2H3. The van der Waals surface area contributed by atoms with Crippen LogP contribution in [0.1, 0.15) is 24.9 Å². The highest BCUT2D eigenvalue weighted by Crippen LogP contribution is 2.16. The van der Waals surface area contributed by atoms with Crippen LogP contribution in [0.15, 0.2) is 24.3 Å². The second kappa shape index (κ2) is 6.75. The Morgan fingerprint density at radius 2 is 2.00 bits per heavy atom. The molecule has 0 heterocycles. The van der Waals surface area contributed by atoms with E-state index in [2.05, 4.69) is 6.26 Å². The molecule has 3 heteroatoms. The Morgan fingerprint density at radius 3 is 2.53 bits per heavy atom. The lowest BCUT2D eigenvalue weighted by Gasteiger charge is -2.08. The third kappa shape index (κ3) is 4.58. The molecule has 84 valence electrons. The molecule has 2 N–H and O–H groups in total. The topological polar surface area (TPSA) is 35.2 Å². The summed E-state index contributed by atoms with van der Waals surface area (Å²) in [5.74, 6) is 2.08. The summed E-state index contributed by atoms with van der Waals surface area (Å²) >= 11 is 1.85. The molecule has 1 rings (SSSR count). The first-order valence-corrected chi connectivity index (χ1v) is 6.60. The molecule has 2 nitrogen and oxygen atoms in total. The minimum atomic E-state index is 0.0931. The molecule has 0 fully saturated rings. The molecule has 0 bridgehead atoms. The van der Waals surface area contributed by atoms with Crippen molar-refractivity contribution in [3.05, 3.63) is 29.8 Å². The van der Waals surface area contributed by atoms with Gasteiger partial charge in [0.1, 0.15) is 5.75 Å². The van der Waals surface area contributed by atoms with Gasteiger partial charge in [-0.25, -0.2) is 0 Å². The molecule has 1 aromatic carbocycles. The van der Waals surface area contributed by atoms with Crippen LogP contribution in [0.3, 0.4) is 0 Å². The molecule has 1 unspecified atom stereocenters. The molecule has 15 heavy (non-hydrogen) atoms. The van der Waals surface area contributed by atoms with Crippen LogP contribution >= 0.6 is 11.8 Å². The summed E-state index contributed by atoms with van der Waals surface area (Å²) in [6.07, 6.45) is 3.20. The van der Waals surface area contributed by atoms with E-state index in [4.69, 9.17) is 10.5 Å². The maximum absolute atomic E-state index is 5.76. The van der Waals surface area contributed by atoms with E-state index in [1.165, 1.54) is 0 Å². The van der Waals surface area contributed by atoms with Crippen molar-refractivity contribution in [2.45, 2.75) is 19.4 Å². The van der Waals surface area contributed by atoms with Crippen LogP contribution in [-0.4, -0.2) is 18.6 Å². The molecular formula is C12H19NOS. The number of nitrogens with two attached hydrogens (primary N) is 1. The minimum absolute atomic E-state index is 0.0931. The van der Waals surface area contributed by atoms with Gasteiger partial charge in [-0.3, -0.25) is 0 Å². The van der Waals surface area contributed by atoms with Gasteiger partial charge in [-0.05, 0) is 43.0 Å². The van der Waals surface area contributed by atoms with Crippen molar-refractivity contribution in [3.8, 4) is 5.75 Å². The Bertz CT molecular complexity index is 271. The Kier molecular flexibility index (Phi) is 5.58. The fraction of sp³-hybridized carbons (Fsp3) is 0.500. The van der Waals surface area contributed by atoms with Crippen LogP contribution in [0, 0.1) is 0 Å². The van der Waals surface area contributed by atoms with Crippen LogP contribution in [-0.2, 0) is 0 Å². The lowest BCUT2D eigenvalue weighted by Crippen LogP contribution is -2.04. The summed E-state index contributed by atoms with van der Waals surface area (Å²) in [6, 6.07) is 8.11. The van der Waals surface area contributed by atoms with Crippen molar-refractivity contribution >= 4 is 11.8 Å². The molecule has 0 spiro atoms. The van der Waals surface area contributed by atoms with Crippen molar-refractivity contribution in [3.63, 3.8) is 0 Å². The monoisotopic (exact) mass is 225 g/mol. The van der Waals surface area contributed by atoms with Gasteiger partial charge in [0.2, 0.25) is 0 Å². The van der Waals surface area contributed by atoms with Gasteiger partial charge in [-0.1, -0.05) is 12.1 Å². The van der Waals surface area contributed by atoms with E-state index in [0.717, 1.165) is 30.1 Å². The van der Waals surface area contributed by atoms with Crippen molar-refractivity contribution in [2.24, 2.45) is 5.73 Å². The zero-order chi connectivity index (χ0) is 11.1. The maximum Gasteiger partial charge on any atom is 0.119 e. The van der Waals surface area contributed by atoms with Crippen molar-refractivity contribution in [2.75, 3.05) is 18.6 Å². The summed E-state index contributed by atoms with van der Waals surface area (Å²) < 4.78 is 5.59. The number of thioether (sulfide) groups is 1. The largest absolute Gasteiger partial charge is 0.494 e. The third-order valence-corrected chi connectivity index (χ3v) is 2.86. The molecule has 0 saturated heterocycles. The van der Waals surface area contributed by atoms with Gasteiger partial charge in [-0.15, -0.1) is 0 Å². The molecule has 1 aromatic rings. The first-order chi connectivity index (χ1) is 7.24. The Morgan fingerprint density at radius 1 is 1.33 bits per heavy atom. The van der Waals surface area contributed by atoms with Gasteiger partial charge in [0, 0.05) is 6.04 Å². The number of ether oxygens (including phenoxy) is 1. The molecule has 0 aliphatic rings. The fourth-order valence-electron chi connectivity index (χ4n) is 1.26. The predicted molar refractivity (Wildman–Crippen MR) is 67.5 cm³/mol. The van der Waals surface area contributed by atoms with Crippen molar-refractivity contribution < 1.29 is 4.74 Å². The van der Waals surface area contributed by atoms with Gasteiger partial charge in [0.15, 0.2) is 0 Å². The van der Waals surface area contributed by atoms with E-state index in [1.807, 2.05) is 43.0 Å². The predicted octanol–water partition coefficient (Wildman–Crippen LogP) is 2.84. The van der Waals surface area contributed by atoms with Gasteiger partial charge >= 0.3 is 0 Å². The molecular weight excluding hydrogens is 206 g/mol. The van der Waals surface area contributed by atoms with Crippen LogP contribution in [0.5, 0.6) is 5.75 Å². The van der Waals surface area contributed by atoms with Gasteiger partial charge in [0.25, 0.3) is 0 Å². The Labute approximate surface area is 96.2 Å². The fourth-order valence-corrected chi connectivity index (χ4v) is 1.67. The van der Waals surface area contributed by atoms with Crippen molar-refractivity contribution in [1.29, 1.82) is 0 Å². The minimum Gasteiger partial charge on any atom is -0.494 e. The summed E-state index contributed by atoms with van der Waals surface area (Å²) in [5, 5.41) is 0. The number of benzene rings is 1. The zero-order valence-corrected chi connectivity index (χ0v) is 10.2. The number of hydrogen-bond acceptors (Lipinski definition) is 3. The maximum atomic E-state index is 5.76. The van der Waals surface area contributed by atoms with Crippen LogP contribution in [0.25, 0.3) is 0 Å². The van der Waals surface area contributed by atoms with Crippen LogP contribution in [0.4, 0.5) is 0 Å². The van der Waals surface area contributed by atoms with E-state index in [-0.39, 0.29) is 6.04 Å². The quantitative estimate of drug-likeness (QED) is 0.756. The lowest BCUT2D eigenvalue weighted by molar-refractivity contribution is 0.318.